The molecule has 2 aliphatic rings. The molecule has 3 unspecified atom stereocenters. The molecule has 2 aliphatic heterocycles. The molecule has 122 valence electrons. The summed E-state index contributed by atoms with van der Waals surface area (Å²) in [5, 5.41) is 0. The van der Waals surface area contributed by atoms with Crippen molar-refractivity contribution < 1.29 is 0 Å². The van der Waals surface area contributed by atoms with Gasteiger partial charge in [0.05, 0.1) is 17.8 Å². The van der Waals surface area contributed by atoms with E-state index < -0.39 is 0 Å². The van der Waals surface area contributed by atoms with Gasteiger partial charge in [0.1, 0.15) is 11.5 Å². The maximum atomic E-state index is 4.95. The Hall–Kier alpha value is -2.54. The number of amidine groups is 1. The van der Waals surface area contributed by atoms with Crippen molar-refractivity contribution in [3.63, 3.8) is 0 Å². The average Bonchev–Trinajstić information content (AvgIpc) is 3.13. The van der Waals surface area contributed by atoms with E-state index in [-0.39, 0.29) is 6.04 Å². The quantitative estimate of drug-likeness (QED) is 0.811. The first-order valence-electron chi connectivity index (χ1n) is 8.54. The highest BCUT2D eigenvalue weighted by atomic mass is 15.3. The van der Waals surface area contributed by atoms with Crippen LogP contribution in [0.1, 0.15) is 44.4 Å². The zero-order valence-corrected chi connectivity index (χ0v) is 14.6. The van der Waals surface area contributed by atoms with Crippen LogP contribution in [0.3, 0.4) is 0 Å². The Labute approximate surface area is 142 Å². The van der Waals surface area contributed by atoms with Gasteiger partial charge in [-0.1, -0.05) is 18.9 Å². The van der Waals surface area contributed by atoms with Gasteiger partial charge in [-0.15, -0.1) is 0 Å². The number of nitrogens with zero attached hydrogens (tertiary/aromatic N) is 4. The topological polar surface area (TPSA) is 32.9 Å². The van der Waals surface area contributed by atoms with Gasteiger partial charge in [-0.25, -0.2) is 4.98 Å². The highest BCUT2D eigenvalue weighted by Gasteiger charge is 2.34. The summed E-state index contributed by atoms with van der Waals surface area (Å²) in [5.74, 6) is 4.49. The molecule has 24 heavy (non-hydrogen) atoms. The molecule has 2 aromatic heterocycles. The zero-order chi connectivity index (χ0) is 16.8. The molecule has 0 bridgehead atoms. The molecular formula is C20H22N4. The van der Waals surface area contributed by atoms with Crippen molar-refractivity contribution in [1.82, 2.24) is 14.3 Å². The predicted octanol–water partition coefficient (Wildman–Crippen LogP) is 3.53. The van der Waals surface area contributed by atoms with Crippen LogP contribution >= 0.6 is 0 Å². The normalized spacial score (nSPS) is 23.4. The lowest BCUT2D eigenvalue weighted by molar-refractivity contribution is 0.390. The lowest BCUT2D eigenvalue weighted by atomic mass is 9.95. The van der Waals surface area contributed by atoms with Crippen molar-refractivity contribution in [2.45, 2.75) is 52.1 Å². The molecule has 0 N–H and O–H groups in total. The average molecular weight is 318 g/mol. The van der Waals surface area contributed by atoms with E-state index in [9.17, 15) is 0 Å². The van der Waals surface area contributed by atoms with Crippen LogP contribution in [0.15, 0.2) is 41.2 Å². The van der Waals surface area contributed by atoms with Crippen molar-refractivity contribution in [2.75, 3.05) is 0 Å². The van der Waals surface area contributed by atoms with Gasteiger partial charge in [-0.2, -0.15) is 0 Å². The molecule has 0 fully saturated rings. The molecule has 4 heteroatoms. The molecule has 4 rings (SSSR count). The summed E-state index contributed by atoms with van der Waals surface area (Å²) in [6.45, 7) is 8.65. The van der Waals surface area contributed by atoms with E-state index in [0.717, 1.165) is 23.6 Å². The smallest absolute Gasteiger partial charge is 0.139 e. The third kappa shape index (κ3) is 2.32. The summed E-state index contributed by atoms with van der Waals surface area (Å²) in [7, 11) is 0. The molecule has 0 aliphatic carbocycles. The van der Waals surface area contributed by atoms with Crippen LogP contribution < -0.4 is 0 Å². The summed E-state index contributed by atoms with van der Waals surface area (Å²) >= 11 is 0. The van der Waals surface area contributed by atoms with Gasteiger partial charge in [0, 0.05) is 29.9 Å². The van der Waals surface area contributed by atoms with Gasteiger partial charge < -0.3 is 4.40 Å². The maximum Gasteiger partial charge on any atom is 0.139 e. The van der Waals surface area contributed by atoms with Gasteiger partial charge in [-0.3, -0.25) is 9.89 Å². The third-order valence-corrected chi connectivity index (χ3v) is 5.10. The molecule has 0 amide bonds. The van der Waals surface area contributed by atoms with Crippen molar-refractivity contribution in [3.8, 4) is 12.0 Å². The monoisotopic (exact) mass is 318 g/mol. The van der Waals surface area contributed by atoms with Crippen LogP contribution in [0.4, 0.5) is 0 Å². The molecule has 2 aromatic rings. The fraction of sp³-hybridized carbons (Fsp3) is 0.400. The molecule has 0 radical (unpaired) electrons. The fourth-order valence-electron chi connectivity index (χ4n) is 3.56. The van der Waals surface area contributed by atoms with Crippen LogP contribution in [0, 0.1) is 18.9 Å². The summed E-state index contributed by atoms with van der Waals surface area (Å²) < 4.78 is 2.12. The van der Waals surface area contributed by atoms with E-state index in [4.69, 9.17) is 9.98 Å². The summed E-state index contributed by atoms with van der Waals surface area (Å²) in [4.78, 5) is 11.9. The van der Waals surface area contributed by atoms with Crippen molar-refractivity contribution >= 4 is 11.5 Å². The Bertz CT molecular complexity index is 922. The van der Waals surface area contributed by atoms with E-state index in [1.807, 2.05) is 6.08 Å². The second-order valence-electron chi connectivity index (χ2n) is 6.94. The highest BCUT2D eigenvalue weighted by Crippen LogP contribution is 2.30. The van der Waals surface area contributed by atoms with Crippen LogP contribution in [0.5, 0.6) is 0 Å². The molecule has 4 nitrogen and oxygen atoms in total. The number of aryl methyl sites for hydroxylation is 1. The Kier molecular flexibility index (Phi) is 3.45. The predicted molar refractivity (Wildman–Crippen MR) is 97.0 cm³/mol. The molecule has 4 heterocycles. The van der Waals surface area contributed by atoms with Crippen molar-refractivity contribution in [3.05, 3.63) is 47.4 Å². The largest absolute Gasteiger partial charge is 0.307 e. The van der Waals surface area contributed by atoms with Crippen molar-refractivity contribution in [2.24, 2.45) is 4.99 Å². The summed E-state index contributed by atoms with van der Waals surface area (Å²) in [6, 6.07) is 7.94. The van der Waals surface area contributed by atoms with E-state index >= 15 is 0 Å². The number of hydrogen-bond donors (Lipinski definition) is 0. The first-order chi connectivity index (χ1) is 11.5. The number of hydrogen-bond acceptors (Lipinski definition) is 3. The van der Waals surface area contributed by atoms with Crippen LogP contribution in [-0.2, 0) is 0 Å². The second kappa shape index (κ2) is 5.52. The molecular weight excluding hydrogens is 296 g/mol. The number of imidazole rings is 1. The minimum absolute atomic E-state index is 0.261. The number of rotatable bonds is 3. The Morgan fingerprint density at radius 1 is 1.33 bits per heavy atom. The van der Waals surface area contributed by atoms with Crippen molar-refractivity contribution in [1.29, 1.82) is 0 Å². The van der Waals surface area contributed by atoms with E-state index in [1.165, 1.54) is 11.1 Å². The van der Waals surface area contributed by atoms with E-state index in [0.29, 0.717) is 12.0 Å². The Balaban J connectivity index is 1.58. The number of allylic oxidation sites excluding steroid dienone is 1. The fourth-order valence-corrected chi connectivity index (χ4v) is 3.56. The minimum Gasteiger partial charge on any atom is -0.307 e. The van der Waals surface area contributed by atoms with Gasteiger partial charge in [0.2, 0.25) is 0 Å². The third-order valence-electron chi connectivity index (χ3n) is 5.10. The van der Waals surface area contributed by atoms with E-state index in [1.54, 1.807) is 0 Å². The Morgan fingerprint density at radius 3 is 2.92 bits per heavy atom. The number of aliphatic imine (C=N–C) groups is 1. The number of fused-ring (bicyclic) bond motifs is 2. The molecule has 0 aromatic carbocycles. The summed E-state index contributed by atoms with van der Waals surface area (Å²) in [5.41, 5.74) is 4.56. The van der Waals surface area contributed by atoms with Gasteiger partial charge in [0.25, 0.3) is 0 Å². The standard InChI is InChI=1S/C20H22N4/c1-13-7-5-9-23-12-18(22-19(13)23)15(3)11-17-16(4)24-10-6-8-14(2)20(24)21-17/h5,7-9,12,15-17H,11H2,1-4H3. The number of pyridine rings is 1. The molecule has 0 spiro atoms. The number of aromatic nitrogens is 2. The van der Waals surface area contributed by atoms with Crippen LogP contribution in [-0.4, -0.2) is 32.2 Å². The molecule has 0 saturated heterocycles. The summed E-state index contributed by atoms with van der Waals surface area (Å²) in [6.07, 6.45) is 7.16. The molecule has 0 saturated carbocycles. The van der Waals surface area contributed by atoms with Gasteiger partial charge >= 0.3 is 0 Å². The zero-order valence-electron chi connectivity index (χ0n) is 14.6. The molecule has 3 atom stereocenters. The highest BCUT2D eigenvalue weighted by molar-refractivity contribution is 6.02. The second-order valence-corrected chi connectivity index (χ2v) is 6.94. The van der Waals surface area contributed by atoms with Gasteiger partial charge in [0.15, 0.2) is 0 Å². The lowest BCUT2D eigenvalue weighted by Crippen LogP contribution is -2.35. The SMILES string of the molecule is CC1=CC#CN2C1=NC(CC(C)c1cn3cccc(C)c3n1)C2C. The first-order valence-corrected chi connectivity index (χ1v) is 8.54. The first kappa shape index (κ1) is 15.0. The van der Waals surface area contributed by atoms with Gasteiger partial charge in [-0.05, 0) is 44.9 Å². The van der Waals surface area contributed by atoms with E-state index in [2.05, 4.69) is 73.5 Å². The minimum atomic E-state index is 0.261. The maximum absolute atomic E-state index is 4.95. The van der Waals surface area contributed by atoms with Crippen LogP contribution in [0.25, 0.3) is 5.65 Å². The Morgan fingerprint density at radius 2 is 2.17 bits per heavy atom. The lowest BCUT2D eigenvalue weighted by Gasteiger charge is -2.24. The van der Waals surface area contributed by atoms with Crippen LogP contribution in [0.2, 0.25) is 0 Å².